The Morgan fingerprint density at radius 2 is 2.29 bits per heavy atom. The molecule has 0 bridgehead atoms. The van der Waals surface area contributed by atoms with Crippen LogP contribution < -0.4 is 5.32 Å². The lowest BCUT2D eigenvalue weighted by Crippen LogP contribution is -2.49. The summed E-state index contributed by atoms with van der Waals surface area (Å²) in [5, 5.41) is 12.6. The molecule has 0 aliphatic carbocycles. The van der Waals surface area contributed by atoms with Gasteiger partial charge in [-0.05, 0) is 39.8 Å². The molecule has 1 aliphatic rings. The Hall–Kier alpha value is -0.120. The zero-order valence-electron chi connectivity index (χ0n) is 9.66. The molecule has 0 saturated carbocycles. The van der Waals surface area contributed by atoms with Gasteiger partial charge in [0.2, 0.25) is 0 Å². The predicted molar refractivity (Wildman–Crippen MR) is 59.4 cm³/mol. The van der Waals surface area contributed by atoms with Crippen molar-refractivity contribution in [3.63, 3.8) is 0 Å². The summed E-state index contributed by atoms with van der Waals surface area (Å²) in [5.74, 6) is 0. The van der Waals surface area contributed by atoms with Crippen molar-refractivity contribution in [2.45, 2.75) is 51.2 Å². The summed E-state index contributed by atoms with van der Waals surface area (Å²) in [7, 11) is 2.18. The molecule has 1 aliphatic heterocycles. The van der Waals surface area contributed by atoms with E-state index in [9.17, 15) is 0 Å². The number of rotatable bonds is 4. The Kier molecular flexibility index (Phi) is 4.85. The Labute approximate surface area is 87.5 Å². The number of hydrogen-bond acceptors (Lipinski definition) is 3. The zero-order chi connectivity index (χ0) is 10.6. The van der Waals surface area contributed by atoms with Gasteiger partial charge in [-0.3, -0.25) is 0 Å². The third-order valence-corrected chi connectivity index (χ3v) is 3.39. The summed E-state index contributed by atoms with van der Waals surface area (Å²) in [6, 6.07) is 1.55. The summed E-state index contributed by atoms with van der Waals surface area (Å²) < 4.78 is 0. The van der Waals surface area contributed by atoms with E-state index in [1.165, 1.54) is 19.4 Å². The van der Waals surface area contributed by atoms with Gasteiger partial charge in [0.25, 0.3) is 0 Å². The number of piperidine rings is 1. The van der Waals surface area contributed by atoms with Gasteiger partial charge < -0.3 is 15.3 Å². The van der Waals surface area contributed by atoms with Crippen LogP contribution in [0.25, 0.3) is 0 Å². The molecule has 0 spiro atoms. The Morgan fingerprint density at radius 1 is 1.57 bits per heavy atom. The first-order valence-electron chi connectivity index (χ1n) is 5.74. The van der Waals surface area contributed by atoms with Gasteiger partial charge in [0.15, 0.2) is 0 Å². The maximum absolute atomic E-state index is 9.10. The third-order valence-electron chi connectivity index (χ3n) is 3.39. The van der Waals surface area contributed by atoms with Gasteiger partial charge in [-0.1, -0.05) is 6.92 Å². The Bertz CT molecular complexity index is 159. The minimum atomic E-state index is 0.261. The van der Waals surface area contributed by atoms with E-state index in [0.717, 1.165) is 6.42 Å². The number of nitrogens with zero attached hydrogens (tertiary/aromatic N) is 1. The van der Waals surface area contributed by atoms with Crippen molar-refractivity contribution >= 4 is 0 Å². The average molecular weight is 200 g/mol. The maximum atomic E-state index is 9.10. The average Bonchev–Trinajstić information content (AvgIpc) is 2.19. The van der Waals surface area contributed by atoms with Crippen LogP contribution in [-0.2, 0) is 0 Å². The van der Waals surface area contributed by atoms with Crippen LogP contribution in [0, 0.1) is 0 Å². The fourth-order valence-electron chi connectivity index (χ4n) is 2.07. The molecule has 1 saturated heterocycles. The van der Waals surface area contributed by atoms with Crippen molar-refractivity contribution in [1.82, 2.24) is 10.2 Å². The first kappa shape index (κ1) is 12.0. The second-order valence-corrected chi connectivity index (χ2v) is 4.51. The number of aliphatic hydroxyl groups excluding tert-OH is 1. The molecule has 0 aromatic heterocycles. The SMILES string of the molecule is CC[C@@H](CO)NC1CCN(C)C(C)C1. The van der Waals surface area contributed by atoms with Gasteiger partial charge in [-0.2, -0.15) is 0 Å². The molecular weight excluding hydrogens is 176 g/mol. The minimum absolute atomic E-state index is 0.261. The summed E-state index contributed by atoms with van der Waals surface area (Å²) in [6.07, 6.45) is 3.42. The molecule has 0 aromatic rings. The van der Waals surface area contributed by atoms with Crippen LogP contribution in [0.1, 0.15) is 33.1 Å². The molecular formula is C11H24N2O. The van der Waals surface area contributed by atoms with Crippen molar-refractivity contribution in [3.8, 4) is 0 Å². The molecule has 1 rings (SSSR count). The molecule has 3 atom stereocenters. The molecule has 1 heterocycles. The van der Waals surface area contributed by atoms with Crippen LogP contribution in [0.5, 0.6) is 0 Å². The smallest absolute Gasteiger partial charge is 0.0584 e. The van der Waals surface area contributed by atoms with Gasteiger partial charge >= 0.3 is 0 Å². The van der Waals surface area contributed by atoms with Gasteiger partial charge in [0.1, 0.15) is 0 Å². The molecule has 0 aromatic carbocycles. The molecule has 1 fully saturated rings. The quantitative estimate of drug-likeness (QED) is 0.705. The second kappa shape index (κ2) is 5.69. The van der Waals surface area contributed by atoms with E-state index < -0.39 is 0 Å². The van der Waals surface area contributed by atoms with E-state index in [4.69, 9.17) is 5.11 Å². The van der Waals surface area contributed by atoms with Gasteiger partial charge in [-0.25, -0.2) is 0 Å². The molecule has 0 radical (unpaired) electrons. The van der Waals surface area contributed by atoms with E-state index in [2.05, 4.69) is 31.1 Å². The molecule has 3 heteroatoms. The van der Waals surface area contributed by atoms with Crippen molar-refractivity contribution in [2.24, 2.45) is 0 Å². The van der Waals surface area contributed by atoms with E-state index in [-0.39, 0.29) is 12.6 Å². The van der Waals surface area contributed by atoms with Crippen LogP contribution in [0.4, 0.5) is 0 Å². The third kappa shape index (κ3) is 3.23. The standard InChI is InChI=1S/C11H24N2O/c1-4-10(8-14)12-11-5-6-13(3)9(2)7-11/h9-12,14H,4-8H2,1-3H3/t9?,10-,11?/m0/s1. The minimum Gasteiger partial charge on any atom is -0.395 e. The van der Waals surface area contributed by atoms with Crippen LogP contribution in [0.3, 0.4) is 0 Å². The highest BCUT2D eigenvalue weighted by Gasteiger charge is 2.23. The summed E-state index contributed by atoms with van der Waals surface area (Å²) in [5.41, 5.74) is 0. The highest BCUT2D eigenvalue weighted by atomic mass is 16.3. The largest absolute Gasteiger partial charge is 0.395 e. The number of nitrogens with one attached hydrogen (secondary N) is 1. The van der Waals surface area contributed by atoms with Crippen molar-refractivity contribution in [1.29, 1.82) is 0 Å². The molecule has 2 N–H and O–H groups in total. The number of aliphatic hydroxyl groups is 1. The van der Waals surface area contributed by atoms with Crippen LogP contribution in [0.2, 0.25) is 0 Å². The lowest BCUT2D eigenvalue weighted by molar-refractivity contribution is 0.148. The molecule has 2 unspecified atom stereocenters. The maximum Gasteiger partial charge on any atom is 0.0584 e. The van der Waals surface area contributed by atoms with Crippen LogP contribution >= 0.6 is 0 Å². The second-order valence-electron chi connectivity index (χ2n) is 4.51. The fraction of sp³-hybridized carbons (Fsp3) is 1.00. The van der Waals surface area contributed by atoms with E-state index >= 15 is 0 Å². The Morgan fingerprint density at radius 3 is 2.79 bits per heavy atom. The van der Waals surface area contributed by atoms with Crippen LogP contribution in [0.15, 0.2) is 0 Å². The number of likely N-dealkylation sites (tertiary alicyclic amines) is 1. The van der Waals surface area contributed by atoms with Crippen molar-refractivity contribution < 1.29 is 5.11 Å². The summed E-state index contributed by atoms with van der Waals surface area (Å²) in [4.78, 5) is 2.40. The van der Waals surface area contributed by atoms with Crippen LogP contribution in [-0.4, -0.2) is 48.3 Å². The van der Waals surface area contributed by atoms with Gasteiger partial charge in [0.05, 0.1) is 6.61 Å². The predicted octanol–water partition coefficient (Wildman–Crippen LogP) is 0.830. The number of hydrogen-bond donors (Lipinski definition) is 2. The monoisotopic (exact) mass is 200 g/mol. The Balaban J connectivity index is 2.32. The first-order chi connectivity index (χ1) is 6.67. The van der Waals surface area contributed by atoms with Crippen molar-refractivity contribution in [3.05, 3.63) is 0 Å². The normalized spacial score (nSPS) is 31.7. The highest BCUT2D eigenvalue weighted by Crippen LogP contribution is 2.15. The summed E-state index contributed by atoms with van der Waals surface area (Å²) >= 11 is 0. The first-order valence-corrected chi connectivity index (χ1v) is 5.74. The molecule has 0 amide bonds. The highest BCUT2D eigenvalue weighted by molar-refractivity contribution is 4.83. The lowest BCUT2D eigenvalue weighted by atomic mass is 9.98. The molecule has 84 valence electrons. The molecule has 3 nitrogen and oxygen atoms in total. The van der Waals surface area contributed by atoms with E-state index in [1.54, 1.807) is 0 Å². The summed E-state index contributed by atoms with van der Waals surface area (Å²) in [6.45, 7) is 5.82. The lowest BCUT2D eigenvalue weighted by Gasteiger charge is -2.36. The fourth-order valence-corrected chi connectivity index (χ4v) is 2.07. The zero-order valence-corrected chi connectivity index (χ0v) is 9.66. The van der Waals surface area contributed by atoms with Crippen molar-refractivity contribution in [2.75, 3.05) is 20.2 Å². The molecule has 14 heavy (non-hydrogen) atoms. The van der Waals surface area contributed by atoms with E-state index in [0.29, 0.717) is 12.1 Å². The topological polar surface area (TPSA) is 35.5 Å². The van der Waals surface area contributed by atoms with Gasteiger partial charge in [-0.15, -0.1) is 0 Å². The van der Waals surface area contributed by atoms with Gasteiger partial charge in [0, 0.05) is 18.1 Å². The van der Waals surface area contributed by atoms with E-state index in [1.807, 2.05) is 0 Å².